The lowest BCUT2D eigenvalue weighted by Gasteiger charge is -2.18. The lowest BCUT2D eigenvalue weighted by atomic mass is 10.2. The van der Waals surface area contributed by atoms with Crippen molar-refractivity contribution in [3.05, 3.63) is 51.8 Å². The van der Waals surface area contributed by atoms with Gasteiger partial charge in [-0.25, -0.2) is 17.2 Å². The number of hydrogen-bond donors (Lipinski definition) is 2. The molecule has 1 aromatic heterocycles. The Morgan fingerprint density at radius 2 is 1.80 bits per heavy atom. The van der Waals surface area contributed by atoms with Gasteiger partial charge in [0.2, 0.25) is 10.0 Å². The first-order chi connectivity index (χ1) is 11.7. The van der Waals surface area contributed by atoms with Crippen LogP contribution in [0.15, 0.2) is 29.1 Å². The van der Waals surface area contributed by atoms with E-state index >= 15 is 0 Å². The minimum atomic E-state index is -3.68. The molecule has 3 rings (SSSR count). The van der Waals surface area contributed by atoms with Gasteiger partial charge in [0.15, 0.2) is 5.82 Å². The van der Waals surface area contributed by atoms with Crippen molar-refractivity contribution in [2.45, 2.75) is 25.0 Å². The van der Waals surface area contributed by atoms with Crippen molar-refractivity contribution in [2.24, 2.45) is 7.05 Å². The Labute approximate surface area is 143 Å². The highest BCUT2D eigenvalue weighted by Crippen LogP contribution is 2.33. The largest absolute Gasteiger partial charge is 0.337 e. The van der Waals surface area contributed by atoms with Crippen LogP contribution in [0, 0.1) is 18.6 Å². The number of nitrogens with one attached hydrogen (secondary N) is 2. The number of aromatic nitrogens is 1. The van der Waals surface area contributed by atoms with Crippen LogP contribution in [-0.4, -0.2) is 18.2 Å². The minimum absolute atomic E-state index is 0.0408. The van der Waals surface area contributed by atoms with Gasteiger partial charge in [0, 0.05) is 13.1 Å². The third-order valence-corrected chi connectivity index (χ3v) is 5.82. The highest BCUT2D eigenvalue weighted by molar-refractivity contribution is 7.93. The smallest absolute Gasteiger partial charge is 0.287 e. The molecule has 25 heavy (non-hydrogen) atoms. The maximum absolute atomic E-state index is 14.1. The van der Waals surface area contributed by atoms with E-state index < -0.39 is 32.5 Å². The lowest BCUT2D eigenvalue weighted by molar-refractivity contribution is 0.592. The molecule has 0 bridgehead atoms. The fourth-order valence-corrected chi connectivity index (χ4v) is 3.78. The van der Waals surface area contributed by atoms with Gasteiger partial charge in [0.1, 0.15) is 11.6 Å². The van der Waals surface area contributed by atoms with E-state index in [2.05, 4.69) is 10.0 Å². The molecule has 0 radical (unpaired) electrons. The highest BCUT2D eigenvalue weighted by Gasteiger charge is 2.36. The summed E-state index contributed by atoms with van der Waals surface area (Å²) >= 11 is 0. The molecule has 1 heterocycles. The van der Waals surface area contributed by atoms with Gasteiger partial charge in [-0.2, -0.15) is 0 Å². The summed E-state index contributed by atoms with van der Waals surface area (Å²) in [6, 6.07) is 5.20. The van der Waals surface area contributed by atoms with Crippen LogP contribution in [0.5, 0.6) is 0 Å². The molecular formula is C16H17F2N3O3S. The Morgan fingerprint density at radius 1 is 1.12 bits per heavy atom. The van der Waals surface area contributed by atoms with Crippen molar-refractivity contribution in [3.8, 4) is 0 Å². The number of nitrogens with zero attached hydrogens (tertiary/aromatic N) is 1. The zero-order chi connectivity index (χ0) is 18.4. The molecule has 2 aromatic rings. The second-order valence-corrected chi connectivity index (χ2v) is 8.03. The first-order valence-electron chi connectivity index (χ1n) is 7.63. The number of pyridine rings is 1. The molecule has 0 saturated heterocycles. The molecule has 1 aliphatic rings. The molecule has 6 nitrogen and oxygen atoms in total. The first-order valence-corrected chi connectivity index (χ1v) is 9.18. The molecule has 0 atom stereocenters. The molecule has 1 fully saturated rings. The molecule has 2 N–H and O–H groups in total. The predicted molar refractivity (Wildman–Crippen MR) is 91.6 cm³/mol. The molecule has 0 spiro atoms. The molecule has 0 amide bonds. The van der Waals surface area contributed by atoms with Crippen LogP contribution in [0.2, 0.25) is 0 Å². The third-order valence-electron chi connectivity index (χ3n) is 3.96. The van der Waals surface area contributed by atoms with Crippen molar-refractivity contribution in [2.75, 3.05) is 10.0 Å². The Hall–Kier alpha value is -2.42. The molecular weight excluding hydrogens is 352 g/mol. The first kappa shape index (κ1) is 17.4. The summed E-state index contributed by atoms with van der Waals surface area (Å²) in [4.78, 5) is 11.9. The van der Waals surface area contributed by atoms with Gasteiger partial charge in [-0.3, -0.25) is 14.1 Å². The summed E-state index contributed by atoms with van der Waals surface area (Å²) in [6.45, 7) is 1.72. The standard InChI is InChI=1S/C16H17F2N3O3S/c1-9-3-6-13(11(17)7-9)19-15-14(8-12(18)16(22)21(15)2)20-25(23,24)10-4-5-10/h3,6-8,10,19-20H,4-5H2,1-2H3. The maximum atomic E-state index is 14.1. The van der Waals surface area contributed by atoms with E-state index in [0.29, 0.717) is 18.4 Å². The number of halogens is 2. The van der Waals surface area contributed by atoms with Crippen LogP contribution in [0.3, 0.4) is 0 Å². The van der Waals surface area contributed by atoms with Crippen LogP contribution >= 0.6 is 0 Å². The molecule has 1 saturated carbocycles. The van der Waals surface area contributed by atoms with Crippen molar-refractivity contribution in [3.63, 3.8) is 0 Å². The molecule has 0 unspecified atom stereocenters. The Kier molecular flexibility index (Phi) is 4.28. The van der Waals surface area contributed by atoms with E-state index in [1.165, 1.54) is 19.2 Å². The van der Waals surface area contributed by atoms with Crippen LogP contribution in [0.1, 0.15) is 18.4 Å². The summed E-state index contributed by atoms with van der Waals surface area (Å²) in [5.41, 5.74) is -0.361. The zero-order valence-electron chi connectivity index (χ0n) is 13.6. The summed E-state index contributed by atoms with van der Waals surface area (Å²) in [5.74, 6) is -1.72. The zero-order valence-corrected chi connectivity index (χ0v) is 14.5. The van der Waals surface area contributed by atoms with Crippen molar-refractivity contribution in [1.82, 2.24) is 4.57 Å². The van der Waals surface area contributed by atoms with E-state index in [4.69, 9.17) is 0 Å². The SMILES string of the molecule is Cc1ccc(Nc2c(NS(=O)(=O)C3CC3)cc(F)c(=O)n2C)c(F)c1. The average molecular weight is 369 g/mol. The van der Waals surface area contributed by atoms with Crippen molar-refractivity contribution >= 4 is 27.2 Å². The topological polar surface area (TPSA) is 80.2 Å². The second kappa shape index (κ2) is 6.14. The summed E-state index contributed by atoms with van der Waals surface area (Å²) in [7, 11) is -2.41. The minimum Gasteiger partial charge on any atom is -0.337 e. The van der Waals surface area contributed by atoms with E-state index in [0.717, 1.165) is 10.6 Å². The van der Waals surface area contributed by atoms with Gasteiger partial charge in [-0.15, -0.1) is 0 Å². The number of hydrogen-bond acceptors (Lipinski definition) is 4. The predicted octanol–water partition coefficient (Wildman–Crippen LogP) is 2.62. The van der Waals surface area contributed by atoms with Gasteiger partial charge in [-0.05, 0) is 37.5 Å². The van der Waals surface area contributed by atoms with E-state index in [1.807, 2.05) is 0 Å². The number of rotatable bonds is 5. The summed E-state index contributed by atoms with van der Waals surface area (Å²) in [5, 5.41) is 2.15. The molecule has 1 aliphatic carbocycles. The Bertz CT molecular complexity index is 998. The fraction of sp³-hybridized carbons (Fsp3) is 0.312. The number of anilines is 3. The summed E-state index contributed by atoms with van der Waals surface area (Å²) < 4.78 is 55.4. The van der Waals surface area contributed by atoms with Crippen LogP contribution < -0.4 is 15.6 Å². The third kappa shape index (κ3) is 3.51. The normalized spacial score (nSPS) is 14.4. The van der Waals surface area contributed by atoms with Gasteiger partial charge in [-0.1, -0.05) is 6.07 Å². The van der Waals surface area contributed by atoms with Gasteiger partial charge in [0.25, 0.3) is 5.56 Å². The second-order valence-electron chi connectivity index (χ2n) is 6.07. The van der Waals surface area contributed by atoms with E-state index in [-0.39, 0.29) is 17.2 Å². The van der Waals surface area contributed by atoms with Crippen LogP contribution in [0.4, 0.5) is 26.0 Å². The van der Waals surface area contributed by atoms with E-state index in [9.17, 15) is 22.0 Å². The van der Waals surface area contributed by atoms with Crippen molar-refractivity contribution in [1.29, 1.82) is 0 Å². The number of sulfonamides is 1. The van der Waals surface area contributed by atoms with E-state index in [1.54, 1.807) is 13.0 Å². The molecule has 9 heteroatoms. The Balaban J connectivity index is 2.07. The monoisotopic (exact) mass is 369 g/mol. The molecule has 1 aromatic carbocycles. The van der Waals surface area contributed by atoms with Crippen LogP contribution in [0.25, 0.3) is 0 Å². The van der Waals surface area contributed by atoms with Gasteiger partial charge >= 0.3 is 0 Å². The maximum Gasteiger partial charge on any atom is 0.287 e. The van der Waals surface area contributed by atoms with Crippen molar-refractivity contribution < 1.29 is 17.2 Å². The summed E-state index contributed by atoms with van der Waals surface area (Å²) in [6.07, 6.45) is 1.05. The average Bonchev–Trinajstić information content (AvgIpc) is 3.36. The molecule has 134 valence electrons. The quantitative estimate of drug-likeness (QED) is 0.849. The molecule has 0 aliphatic heterocycles. The lowest BCUT2D eigenvalue weighted by Crippen LogP contribution is -2.26. The Morgan fingerprint density at radius 3 is 2.40 bits per heavy atom. The number of aryl methyl sites for hydroxylation is 1. The van der Waals surface area contributed by atoms with Gasteiger partial charge in [0.05, 0.1) is 16.6 Å². The highest BCUT2D eigenvalue weighted by atomic mass is 32.2. The fourth-order valence-electron chi connectivity index (χ4n) is 2.39. The number of benzene rings is 1. The van der Waals surface area contributed by atoms with Gasteiger partial charge < -0.3 is 5.32 Å². The van der Waals surface area contributed by atoms with Crippen LogP contribution in [-0.2, 0) is 17.1 Å².